The Hall–Kier alpha value is -0.750. The van der Waals surface area contributed by atoms with E-state index in [1.165, 1.54) is 11.8 Å². The van der Waals surface area contributed by atoms with E-state index >= 15 is 0 Å². The van der Waals surface area contributed by atoms with Gasteiger partial charge in [-0.15, -0.1) is 0 Å². The van der Waals surface area contributed by atoms with Crippen LogP contribution in [0.4, 0.5) is 8.78 Å². The predicted molar refractivity (Wildman–Crippen MR) is 56.6 cm³/mol. The van der Waals surface area contributed by atoms with Crippen LogP contribution in [-0.2, 0) is 6.42 Å². The Morgan fingerprint density at radius 3 is 2.94 bits per heavy atom. The van der Waals surface area contributed by atoms with Gasteiger partial charge in [0.2, 0.25) is 6.43 Å². The van der Waals surface area contributed by atoms with Crippen LogP contribution < -0.4 is 0 Å². The highest BCUT2D eigenvalue weighted by atomic mass is 32.2. The molecule has 1 aromatic rings. The average molecular weight is 246 g/mol. The zero-order valence-electron chi connectivity index (χ0n) is 8.73. The maximum absolute atomic E-state index is 12.6. The van der Waals surface area contributed by atoms with Crippen molar-refractivity contribution in [2.24, 2.45) is 5.92 Å². The van der Waals surface area contributed by atoms with E-state index in [0.29, 0.717) is 16.4 Å². The first-order valence-electron chi connectivity index (χ1n) is 4.98. The lowest BCUT2D eigenvalue weighted by Crippen LogP contribution is -2.25. The van der Waals surface area contributed by atoms with Crippen molar-refractivity contribution in [3.63, 3.8) is 0 Å². The number of fused-ring (bicyclic) bond motifs is 1. The number of halogens is 2. The summed E-state index contributed by atoms with van der Waals surface area (Å²) < 4.78 is 25.2. The number of hydrogen-bond acceptors (Lipinski definition) is 4. The van der Waals surface area contributed by atoms with Gasteiger partial charge < -0.3 is 5.11 Å². The normalized spacial score (nSPS) is 24.6. The molecule has 0 amide bonds. The van der Waals surface area contributed by atoms with Gasteiger partial charge in [-0.2, -0.15) is 0 Å². The zero-order chi connectivity index (χ0) is 11.7. The average Bonchev–Trinajstić information content (AvgIpc) is 2.28. The van der Waals surface area contributed by atoms with Gasteiger partial charge in [0.15, 0.2) is 5.16 Å². The van der Waals surface area contributed by atoms with Crippen molar-refractivity contribution in [3.05, 3.63) is 17.5 Å². The number of thioether (sulfide) groups is 1. The highest BCUT2D eigenvalue weighted by molar-refractivity contribution is 7.98. The molecule has 1 aromatic heterocycles. The molecule has 0 saturated carbocycles. The molecule has 0 aliphatic heterocycles. The fraction of sp³-hybridized carbons (Fsp3) is 0.600. The largest absolute Gasteiger partial charge is 0.388 e. The van der Waals surface area contributed by atoms with Crippen LogP contribution in [0.1, 0.15) is 23.8 Å². The highest BCUT2D eigenvalue weighted by Gasteiger charge is 2.32. The fourth-order valence-corrected chi connectivity index (χ4v) is 2.25. The maximum Gasteiger partial charge on any atom is 0.241 e. The molecule has 0 bridgehead atoms. The molecular weight excluding hydrogens is 234 g/mol. The van der Waals surface area contributed by atoms with Crippen molar-refractivity contribution in [1.29, 1.82) is 0 Å². The lowest BCUT2D eigenvalue weighted by Gasteiger charge is -2.27. The molecule has 88 valence electrons. The summed E-state index contributed by atoms with van der Waals surface area (Å²) >= 11 is 1.36. The van der Waals surface area contributed by atoms with Crippen molar-refractivity contribution in [3.8, 4) is 0 Å². The first kappa shape index (κ1) is 11.7. The van der Waals surface area contributed by atoms with Gasteiger partial charge in [0.05, 0.1) is 11.8 Å². The molecule has 2 atom stereocenters. The molecule has 2 rings (SSSR count). The van der Waals surface area contributed by atoms with Gasteiger partial charge in [-0.3, -0.25) is 0 Å². The number of rotatable bonds is 2. The molecule has 1 N–H and O–H groups in total. The standard InChI is InChI=1S/C10H12F2N2OS/c1-16-10-13-4-6-7(14-10)2-5(9(11)12)3-8(6)15/h4-5,8-9,15H,2-3H2,1H3/t5-,8+/m0/s1. The van der Waals surface area contributed by atoms with Gasteiger partial charge in [0, 0.05) is 17.7 Å². The van der Waals surface area contributed by atoms with Crippen LogP contribution in [0.25, 0.3) is 0 Å². The number of hydrogen-bond donors (Lipinski definition) is 1. The van der Waals surface area contributed by atoms with Gasteiger partial charge in [-0.1, -0.05) is 11.8 Å². The molecule has 0 fully saturated rings. The van der Waals surface area contributed by atoms with Gasteiger partial charge >= 0.3 is 0 Å². The lowest BCUT2D eigenvalue weighted by atomic mass is 9.86. The first-order chi connectivity index (χ1) is 7.61. The Morgan fingerprint density at radius 2 is 2.31 bits per heavy atom. The van der Waals surface area contributed by atoms with E-state index in [9.17, 15) is 13.9 Å². The van der Waals surface area contributed by atoms with E-state index in [1.54, 1.807) is 6.20 Å². The third-order valence-electron chi connectivity index (χ3n) is 2.76. The van der Waals surface area contributed by atoms with Gasteiger partial charge in [0.25, 0.3) is 0 Å². The number of alkyl halides is 2. The summed E-state index contributed by atoms with van der Waals surface area (Å²) in [5.74, 6) is -0.799. The Morgan fingerprint density at radius 1 is 1.56 bits per heavy atom. The van der Waals surface area contributed by atoms with Crippen LogP contribution in [0.15, 0.2) is 11.4 Å². The van der Waals surface area contributed by atoms with Crippen molar-refractivity contribution in [2.75, 3.05) is 6.26 Å². The lowest BCUT2D eigenvalue weighted by molar-refractivity contribution is 0.0288. The summed E-state index contributed by atoms with van der Waals surface area (Å²) in [5.41, 5.74) is 1.15. The third kappa shape index (κ3) is 2.17. The summed E-state index contributed by atoms with van der Waals surface area (Å²) in [7, 11) is 0. The summed E-state index contributed by atoms with van der Waals surface area (Å²) in [6.07, 6.45) is 0.410. The van der Waals surface area contributed by atoms with Crippen molar-refractivity contribution < 1.29 is 13.9 Å². The SMILES string of the molecule is CSc1ncc2c(n1)C[C@H](C(F)F)C[C@H]2O. The molecule has 1 heterocycles. The second-order valence-corrected chi connectivity index (χ2v) is 4.58. The predicted octanol–water partition coefficient (Wildman–Crippen LogP) is 2.06. The number of aliphatic hydroxyl groups excluding tert-OH is 1. The Bertz CT molecular complexity index is 389. The van der Waals surface area contributed by atoms with Crippen LogP contribution in [0.3, 0.4) is 0 Å². The topological polar surface area (TPSA) is 46.0 Å². The van der Waals surface area contributed by atoms with Crippen LogP contribution >= 0.6 is 11.8 Å². The Balaban J connectivity index is 2.31. The molecule has 0 radical (unpaired) electrons. The molecule has 16 heavy (non-hydrogen) atoms. The van der Waals surface area contributed by atoms with Crippen LogP contribution in [0, 0.1) is 5.92 Å². The minimum atomic E-state index is -2.41. The van der Waals surface area contributed by atoms with Crippen molar-refractivity contribution in [2.45, 2.75) is 30.5 Å². The van der Waals surface area contributed by atoms with Crippen molar-refractivity contribution in [1.82, 2.24) is 9.97 Å². The molecule has 6 heteroatoms. The second-order valence-electron chi connectivity index (χ2n) is 3.81. The smallest absolute Gasteiger partial charge is 0.241 e. The number of nitrogens with zero attached hydrogens (tertiary/aromatic N) is 2. The third-order valence-corrected chi connectivity index (χ3v) is 3.32. The fourth-order valence-electron chi connectivity index (χ4n) is 1.89. The number of aliphatic hydroxyl groups is 1. The van der Waals surface area contributed by atoms with E-state index in [1.807, 2.05) is 6.26 Å². The monoisotopic (exact) mass is 246 g/mol. The summed E-state index contributed by atoms with van der Waals surface area (Å²) in [5, 5.41) is 10.3. The van der Waals surface area contributed by atoms with E-state index in [4.69, 9.17) is 0 Å². The number of aromatic nitrogens is 2. The Labute approximate surface area is 96.3 Å². The molecule has 0 unspecified atom stereocenters. The quantitative estimate of drug-likeness (QED) is 0.641. The van der Waals surface area contributed by atoms with E-state index < -0.39 is 18.4 Å². The minimum Gasteiger partial charge on any atom is -0.388 e. The van der Waals surface area contributed by atoms with E-state index in [0.717, 1.165) is 0 Å². The Kier molecular flexibility index (Phi) is 3.39. The van der Waals surface area contributed by atoms with E-state index in [2.05, 4.69) is 9.97 Å². The minimum absolute atomic E-state index is 0.0899. The molecule has 0 spiro atoms. The van der Waals surface area contributed by atoms with Crippen LogP contribution in [-0.4, -0.2) is 27.8 Å². The second kappa shape index (κ2) is 4.63. The molecule has 0 aromatic carbocycles. The van der Waals surface area contributed by atoms with E-state index in [-0.39, 0.29) is 12.8 Å². The molecule has 3 nitrogen and oxygen atoms in total. The molecular formula is C10H12F2N2OS. The van der Waals surface area contributed by atoms with Gasteiger partial charge in [-0.25, -0.2) is 18.7 Å². The summed E-state index contributed by atoms with van der Waals surface area (Å²) in [6, 6.07) is 0. The van der Waals surface area contributed by atoms with Crippen LogP contribution in [0.2, 0.25) is 0 Å². The first-order valence-corrected chi connectivity index (χ1v) is 6.20. The van der Waals surface area contributed by atoms with Crippen LogP contribution in [0.5, 0.6) is 0 Å². The highest BCUT2D eigenvalue weighted by Crippen LogP contribution is 2.35. The van der Waals surface area contributed by atoms with Crippen molar-refractivity contribution >= 4 is 11.8 Å². The van der Waals surface area contributed by atoms with Gasteiger partial charge in [0.1, 0.15) is 0 Å². The maximum atomic E-state index is 12.6. The summed E-state index contributed by atoms with van der Waals surface area (Å²) in [4.78, 5) is 8.21. The molecule has 0 saturated heterocycles. The summed E-state index contributed by atoms with van der Waals surface area (Å²) in [6.45, 7) is 0. The zero-order valence-corrected chi connectivity index (χ0v) is 9.55. The van der Waals surface area contributed by atoms with Gasteiger partial charge in [-0.05, 0) is 19.1 Å². The molecule has 1 aliphatic carbocycles. The molecule has 1 aliphatic rings.